The van der Waals surface area contributed by atoms with Crippen molar-refractivity contribution in [3.8, 4) is 11.5 Å². The molecule has 2 aromatic rings. The van der Waals surface area contributed by atoms with E-state index in [1.165, 1.54) is 5.56 Å². The fourth-order valence-corrected chi connectivity index (χ4v) is 3.81. The fraction of sp³-hybridized carbons (Fsp3) is 0.480. The van der Waals surface area contributed by atoms with Crippen molar-refractivity contribution in [1.82, 2.24) is 15.5 Å². The van der Waals surface area contributed by atoms with E-state index in [0.717, 1.165) is 41.6 Å². The van der Waals surface area contributed by atoms with Crippen molar-refractivity contribution in [1.29, 1.82) is 0 Å². The molecule has 1 aliphatic rings. The van der Waals surface area contributed by atoms with Crippen LogP contribution in [0.15, 0.2) is 47.5 Å². The van der Waals surface area contributed by atoms with Crippen molar-refractivity contribution in [3.63, 3.8) is 0 Å². The van der Waals surface area contributed by atoms with Crippen molar-refractivity contribution < 1.29 is 14.2 Å². The molecule has 0 radical (unpaired) electrons. The highest BCUT2D eigenvalue weighted by Gasteiger charge is 2.20. The molecule has 2 N–H and O–H groups in total. The molecule has 1 saturated heterocycles. The lowest BCUT2D eigenvalue weighted by Crippen LogP contribution is -2.41. The summed E-state index contributed by atoms with van der Waals surface area (Å²) in [7, 11) is 7.62. The SMILES string of the molecule is CN=C(NCc1ccc(C)cc1OC1CCOC1)NCC(c1ccccc1OC)N(C)C.I. The lowest BCUT2D eigenvalue weighted by Gasteiger charge is -2.27. The molecule has 2 atom stereocenters. The lowest BCUT2D eigenvalue weighted by atomic mass is 10.0. The van der Waals surface area contributed by atoms with Crippen LogP contribution in [0.1, 0.15) is 29.2 Å². The summed E-state index contributed by atoms with van der Waals surface area (Å²) in [5.74, 6) is 2.53. The molecular weight excluding hydrogens is 531 g/mol. The standard InChI is InChI=1S/C25H36N4O3.HI/c1-18-10-11-19(24(14-18)32-20-12-13-31-17-20)15-27-25(26-2)28-16-22(29(3)4)21-8-6-7-9-23(21)30-5;/h6-11,14,20,22H,12-13,15-17H2,1-5H3,(H2,26,27,28);1H. The number of nitrogens with zero attached hydrogens (tertiary/aromatic N) is 2. The van der Waals surface area contributed by atoms with Gasteiger partial charge >= 0.3 is 0 Å². The smallest absolute Gasteiger partial charge is 0.191 e. The molecule has 0 saturated carbocycles. The minimum Gasteiger partial charge on any atom is -0.496 e. The Hall–Kier alpha value is -2.04. The molecule has 33 heavy (non-hydrogen) atoms. The topological polar surface area (TPSA) is 67.4 Å². The highest BCUT2D eigenvalue weighted by atomic mass is 127. The number of hydrogen-bond donors (Lipinski definition) is 2. The van der Waals surface area contributed by atoms with Gasteiger partial charge in [0.05, 0.1) is 26.4 Å². The number of hydrogen-bond acceptors (Lipinski definition) is 5. The summed E-state index contributed by atoms with van der Waals surface area (Å²) in [5.41, 5.74) is 3.41. The molecule has 7 nitrogen and oxygen atoms in total. The number of rotatable bonds is 9. The van der Waals surface area contributed by atoms with E-state index in [2.05, 4.69) is 65.8 Å². The molecule has 0 bridgehead atoms. The van der Waals surface area contributed by atoms with Crippen LogP contribution in [0.4, 0.5) is 0 Å². The maximum atomic E-state index is 6.22. The Balaban J connectivity index is 0.00000385. The van der Waals surface area contributed by atoms with E-state index in [0.29, 0.717) is 19.7 Å². The van der Waals surface area contributed by atoms with Gasteiger partial charge < -0.3 is 29.7 Å². The van der Waals surface area contributed by atoms with Gasteiger partial charge in [0, 0.05) is 37.7 Å². The summed E-state index contributed by atoms with van der Waals surface area (Å²) in [4.78, 5) is 6.58. The lowest BCUT2D eigenvalue weighted by molar-refractivity contribution is 0.140. The van der Waals surface area contributed by atoms with Crippen molar-refractivity contribution >= 4 is 29.9 Å². The molecule has 0 aromatic heterocycles. The van der Waals surface area contributed by atoms with Gasteiger partial charge in [-0.1, -0.05) is 30.3 Å². The van der Waals surface area contributed by atoms with Crippen LogP contribution in [0.3, 0.4) is 0 Å². The summed E-state index contributed by atoms with van der Waals surface area (Å²) in [6.45, 7) is 4.79. The zero-order chi connectivity index (χ0) is 22.9. The Morgan fingerprint density at radius 1 is 1.18 bits per heavy atom. The zero-order valence-electron chi connectivity index (χ0n) is 20.3. The normalized spacial score (nSPS) is 16.8. The number of likely N-dealkylation sites (N-methyl/N-ethyl adjacent to an activating group) is 1. The Morgan fingerprint density at radius 2 is 1.97 bits per heavy atom. The van der Waals surface area contributed by atoms with Gasteiger partial charge in [-0.25, -0.2) is 0 Å². The van der Waals surface area contributed by atoms with Crippen LogP contribution in [0.5, 0.6) is 11.5 Å². The van der Waals surface area contributed by atoms with Crippen LogP contribution >= 0.6 is 24.0 Å². The molecular formula is C25H37IN4O3. The third-order valence-electron chi connectivity index (χ3n) is 5.66. The number of halogens is 1. The molecule has 2 unspecified atom stereocenters. The summed E-state index contributed by atoms with van der Waals surface area (Å²) in [6, 6.07) is 14.6. The Labute approximate surface area is 214 Å². The molecule has 182 valence electrons. The Bertz CT molecular complexity index is 901. The molecule has 1 heterocycles. The second kappa shape index (κ2) is 13.6. The summed E-state index contributed by atoms with van der Waals surface area (Å²) >= 11 is 0. The Kier molecular flexibility index (Phi) is 11.2. The number of benzene rings is 2. The van der Waals surface area contributed by atoms with Crippen LogP contribution in [0.25, 0.3) is 0 Å². The van der Waals surface area contributed by atoms with E-state index in [1.807, 2.05) is 18.2 Å². The third-order valence-corrected chi connectivity index (χ3v) is 5.66. The first-order valence-corrected chi connectivity index (χ1v) is 11.1. The number of ether oxygens (including phenoxy) is 3. The highest BCUT2D eigenvalue weighted by molar-refractivity contribution is 14.0. The van der Waals surface area contributed by atoms with Crippen LogP contribution < -0.4 is 20.1 Å². The quantitative estimate of drug-likeness (QED) is 0.273. The molecule has 0 aliphatic carbocycles. The maximum Gasteiger partial charge on any atom is 0.191 e. The van der Waals surface area contributed by atoms with Crippen LogP contribution in [-0.2, 0) is 11.3 Å². The van der Waals surface area contributed by atoms with E-state index >= 15 is 0 Å². The van der Waals surface area contributed by atoms with Crippen molar-refractivity contribution in [2.45, 2.75) is 32.0 Å². The van der Waals surface area contributed by atoms with E-state index in [1.54, 1.807) is 14.2 Å². The van der Waals surface area contributed by atoms with Crippen molar-refractivity contribution in [3.05, 3.63) is 59.2 Å². The predicted octanol–water partition coefficient (Wildman–Crippen LogP) is 3.76. The molecule has 8 heteroatoms. The first-order chi connectivity index (χ1) is 15.5. The predicted molar refractivity (Wildman–Crippen MR) is 144 cm³/mol. The van der Waals surface area contributed by atoms with Crippen LogP contribution in [0, 0.1) is 6.92 Å². The zero-order valence-corrected chi connectivity index (χ0v) is 22.6. The second-order valence-electron chi connectivity index (χ2n) is 8.24. The molecule has 0 amide bonds. The van der Waals surface area contributed by atoms with Gasteiger partial charge in [0.1, 0.15) is 17.6 Å². The van der Waals surface area contributed by atoms with Crippen LogP contribution in [-0.4, -0.2) is 65.0 Å². The van der Waals surface area contributed by atoms with Crippen molar-refractivity contribution in [2.75, 3.05) is 48.0 Å². The number of methoxy groups -OCH3 is 1. The van der Waals surface area contributed by atoms with Gasteiger partial charge in [0.2, 0.25) is 0 Å². The van der Waals surface area contributed by atoms with Crippen molar-refractivity contribution in [2.24, 2.45) is 4.99 Å². The first kappa shape index (κ1) is 27.2. The molecule has 2 aromatic carbocycles. The van der Waals surface area contributed by atoms with E-state index < -0.39 is 0 Å². The minimum absolute atomic E-state index is 0. The molecule has 3 rings (SSSR count). The summed E-state index contributed by atoms with van der Waals surface area (Å²) in [6.07, 6.45) is 1.05. The highest BCUT2D eigenvalue weighted by Crippen LogP contribution is 2.27. The monoisotopic (exact) mass is 568 g/mol. The van der Waals surface area contributed by atoms with Gasteiger partial charge in [-0.3, -0.25) is 4.99 Å². The van der Waals surface area contributed by atoms with Gasteiger partial charge in [-0.05, 0) is 38.7 Å². The second-order valence-corrected chi connectivity index (χ2v) is 8.24. The largest absolute Gasteiger partial charge is 0.496 e. The third kappa shape index (κ3) is 7.75. The fourth-order valence-electron chi connectivity index (χ4n) is 3.81. The van der Waals surface area contributed by atoms with E-state index in [4.69, 9.17) is 14.2 Å². The number of nitrogens with one attached hydrogen (secondary N) is 2. The van der Waals surface area contributed by atoms with E-state index in [9.17, 15) is 0 Å². The molecule has 0 spiro atoms. The number of para-hydroxylation sites is 1. The van der Waals surface area contributed by atoms with Gasteiger partial charge in [0.15, 0.2) is 5.96 Å². The Morgan fingerprint density at radius 3 is 2.64 bits per heavy atom. The number of guanidine groups is 1. The minimum atomic E-state index is 0. The van der Waals surface area contributed by atoms with E-state index in [-0.39, 0.29) is 36.1 Å². The number of aryl methyl sites for hydroxylation is 1. The average Bonchev–Trinajstić information content (AvgIpc) is 3.30. The van der Waals surface area contributed by atoms with Gasteiger partial charge in [0.25, 0.3) is 0 Å². The summed E-state index contributed by atoms with van der Waals surface area (Å²) in [5, 5.41) is 6.88. The first-order valence-electron chi connectivity index (χ1n) is 11.1. The van der Waals surface area contributed by atoms with Gasteiger partial charge in [-0.15, -0.1) is 24.0 Å². The molecule has 1 fully saturated rings. The molecule has 1 aliphatic heterocycles. The number of aliphatic imine (C=N–C) groups is 1. The van der Waals surface area contributed by atoms with Gasteiger partial charge in [-0.2, -0.15) is 0 Å². The maximum absolute atomic E-state index is 6.22. The van der Waals surface area contributed by atoms with Crippen LogP contribution in [0.2, 0.25) is 0 Å². The average molecular weight is 569 g/mol. The summed E-state index contributed by atoms with van der Waals surface area (Å²) < 4.78 is 17.2.